The molecule has 2 aliphatic heterocycles. The normalized spacial score (nSPS) is 15.5. The monoisotopic (exact) mass is 382 g/mol. The summed E-state index contributed by atoms with van der Waals surface area (Å²) < 4.78 is 16.1. The zero-order chi connectivity index (χ0) is 19.3. The molecule has 0 bridgehead atoms. The Labute approximate surface area is 165 Å². The molecule has 0 saturated carbocycles. The van der Waals surface area contributed by atoms with Crippen molar-refractivity contribution in [2.45, 2.75) is 19.4 Å². The van der Waals surface area contributed by atoms with Gasteiger partial charge in [0.15, 0.2) is 11.5 Å². The van der Waals surface area contributed by atoms with Gasteiger partial charge in [-0.1, -0.05) is 18.2 Å². The average Bonchev–Trinajstić information content (AvgIpc) is 3.21. The van der Waals surface area contributed by atoms with Gasteiger partial charge in [-0.3, -0.25) is 4.79 Å². The average molecular weight is 382 g/mol. The second-order valence-corrected chi connectivity index (χ2v) is 7.20. The second-order valence-electron chi connectivity index (χ2n) is 7.20. The van der Waals surface area contributed by atoms with Gasteiger partial charge >= 0.3 is 0 Å². The van der Waals surface area contributed by atoms with E-state index in [4.69, 9.17) is 14.2 Å². The number of aryl methyl sites for hydroxylation is 1. The number of fused-ring (bicyclic) bond motifs is 1. The quantitative estimate of drug-likeness (QED) is 0.769. The molecule has 0 radical (unpaired) electrons. The number of anilines is 1. The van der Waals surface area contributed by atoms with Crippen molar-refractivity contribution in [2.75, 3.05) is 45.0 Å². The van der Waals surface area contributed by atoms with Crippen LogP contribution in [0.15, 0.2) is 42.5 Å². The fourth-order valence-corrected chi connectivity index (χ4v) is 3.53. The molecule has 1 amide bonds. The first-order chi connectivity index (χ1) is 13.7. The minimum absolute atomic E-state index is 0.134. The zero-order valence-electron chi connectivity index (χ0n) is 16.2. The van der Waals surface area contributed by atoms with Gasteiger partial charge in [0, 0.05) is 38.8 Å². The molecule has 4 rings (SSSR count). The van der Waals surface area contributed by atoms with Crippen molar-refractivity contribution in [1.29, 1.82) is 0 Å². The van der Waals surface area contributed by atoms with Crippen LogP contribution in [0.3, 0.4) is 0 Å². The zero-order valence-corrected chi connectivity index (χ0v) is 16.2. The van der Waals surface area contributed by atoms with Gasteiger partial charge < -0.3 is 24.0 Å². The predicted molar refractivity (Wildman–Crippen MR) is 107 cm³/mol. The van der Waals surface area contributed by atoms with E-state index in [1.165, 1.54) is 5.69 Å². The summed E-state index contributed by atoms with van der Waals surface area (Å²) in [6.45, 7) is 4.30. The maximum atomic E-state index is 12.5. The van der Waals surface area contributed by atoms with Crippen LogP contribution in [0, 0.1) is 0 Å². The molecule has 0 aromatic heterocycles. The SMILES string of the molecule is CN(Cc1ccc(N2CCOCC2)cc1)C(=O)CCc1ccc2c(c1)OCO2. The van der Waals surface area contributed by atoms with Crippen molar-refractivity contribution in [3.8, 4) is 11.5 Å². The lowest BCUT2D eigenvalue weighted by Crippen LogP contribution is -2.36. The van der Waals surface area contributed by atoms with E-state index in [9.17, 15) is 4.79 Å². The van der Waals surface area contributed by atoms with E-state index in [1.54, 1.807) is 4.90 Å². The number of rotatable bonds is 6. The topological polar surface area (TPSA) is 51.2 Å². The van der Waals surface area contributed by atoms with Gasteiger partial charge in [0.2, 0.25) is 12.7 Å². The Hall–Kier alpha value is -2.73. The van der Waals surface area contributed by atoms with Crippen LogP contribution in [0.2, 0.25) is 0 Å². The number of carbonyl (C=O) groups excluding carboxylic acids is 1. The van der Waals surface area contributed by atoms with Crippen LogP contribution in [0.1, 0.15) is 17.5 Å². The summed E-state index contributed by atoms with van der Waals surface area (Å²) in [5.74, 6) is 1.67. The van der Waals surface area contributed by atoms with Gasteiger partial charge in [-0.15, -0.1) is 0 Å². The summed E-state index contributed by atoms with van der Waals surface area (Å²) in [7, 11) is 1.86. The third-order valence-electron chi connectivity index (χ3n) is 5.22. The maximum Gasteiger partial charge on any atom is 0.231 e. The van der Waals surface area contributed by atoms with Crippen molar-refractivity contribution >= 4 is 11.6 Å². The molecule has 2 aromatic rings. The Balaban J connectivity index is 1.28. The summed E-state index contributed by atoms with van der Waals surface area (Å²) in [4.78, 5) is 16.6. The molecule has 2 aliphatic rings. The first-order valence-electron chi connectivity index (χ1n) is 9.73. The third-order valence-corrected chi connectivity index (χ3v) is 5.22. The number of carbonyl (C=O) groups is 1. The van der Waals surface area contributed by atoms with E-state index in [1.807, 2.05) is 25.2 Å². The van der Waals surface area contributed by atoms with Crippen molar-refractivity contribution < 1.29 is 19.0 Å². The Morgan fingerprint density at radius 2 is 1.71 bits per heavy atom. The third kappa shape index (κ3) is 4.39. The number of nitrogens with zero attached hydrogens (tertiary/aromatic N) is 2. The molecular formula is C22H26N2O4. The highest BCUT2D eigenvalue weighted by Crippen LogP contribution is 2.32. The number of morpholine rings is 1. The first kappa shape index (κ1) is 18.6. The number of hydrogen-bond donors (Lipinski definition) is 0. The maximum absolute atomic E-state index is 12.5. The van der Waals surface area contributed by atoms with Gasteiger partial charge in [-0.05, 0) is 41.8 Å². The Morgan fingerprint density at radius 3 is 2.50 bits per heavy atom. The van der Waals surface area contributed by atoms with E-state index in [-0.39, 0.29) is 12.7 Å². The molecule has 0 unspecified atom stereocenters. The predicted octanol–water partition coefficient (Wildman–Crippen LogP) is 2.84. The molecule has 2 aromatic carbocycles. The van der Waals surface area contributed by atoms with Crippen molar-refractivity contribution in [3.63, 3.8) is 0 Å². The van der Waals surface area contributed by atoms with Crippen molar-refractivity contribution in [3.05, 3.63) is 53.6 Å². The van der Waals surface area contributed by atoms with Gasteiger partial charge in [0.25, 0.3) is 0 Å². The molecule has 0 atom stereocenters. The van der Waals surface area contributed by atoms with Gasteiger partial charge in [0.1, 0.15) is 0 Å². The fraction of sp³-hybridized carbons (Fsp3) is 0.409. The highest BCUT2D eigenvalue weighted by atomic mass is 16.7. The van der Waals surface area contributed by atoms with Gasteiger partial charge in [0.05, 0.1) is 13.2 Å². The minimum Gasteiger partial charge on any atom is -0.454 e. The Morgan fingerprint density at radius 1 is 1.00 bits per heavy atom. The summed E-state index contributed by atoms with van der Waals surface area (Å²) in [5, 5.41) is 0. The molecule has 6 heteroatoms. The van der Waals surface area contributed by atoms with E-state index in [2.05, 4.69) is 29.2 Å². The molecule has 28 heavy (non-hydrogen) atoms. The smallest absolute Gasteiger partial charge is 0.231 e. The van der Waals surface area contributed by atoms with Gasteiger partial charge in [-0.2, -0.15) is 0 Å². The lowest BCUT2D eigenvalue weighted by molar-refractivity contribution is -0.130. The number of ether oxygens (including phenoxy) is 3. The molecule has 0 spiro atoms. The minimum atomic E-state index is 0.134. The Bertz CT molecular complexity index is 816. The second kappa shape index (κ2) is 8.52. The Kier molecular flexibility index (Phi) is 5.67. The summed E-state index contributed by atoms with van der Waals surface area (Å²) >= 11 is 0. The highest BCUT2D eigenvalue weighted by molar-refractivity contribution is 5.76. The van der Waals surface area contributed by atoms with Gasteiger partial charge in [-0.25, -0.2) is 0 Å². The first-order valence-corrected chi connectivity index (χ1v) is 9.73. The van der Waals surface area contributed by atoms with E-state index < -0.39 is 0 Å². The van der Waals surface area contributed by atoms with E-state index in [0.717, 1.165) is 48.9 Å². The molecule has 0 aliphatic carbocycles. The molecule has 0 N–H and O–H groups in total. The number of amides is 1. The van der Waals surface area contributed by atoms with Crippen LogP contribution in [-0.4, -0.2) is 51.0 Å². The highest BCUT2D eigenvalue weighted by Gasteiger charge is 2.15. The van der Waals surface area contributed by atoms with Crippen molar-refractivity contribution in [1.82, 2.24) is 4.90 Å². The number of hydrogen-bond acceptors (Lipinski definition) is 5. The summed E-state index contributed by atoms with van der Waals surface area (Å²) in [6, 6.07) is 14.3. The standard InChI is InChI=1S/C22H26N2O4/c1-23(15-18-2-6-19(7-3-18)24-10-12-26-13-11-24)22(25)9-5-17-4-8-20-21(14-17)28-16-27-20/h2-4,6-8,14H,5,9-13,15-16H2,1H3. The lowest BCUT2D eigenvalue weighted by atomic mass is 10.1. The molecule has 1 saturated heterocycles. The van der Waals surface area contributed by atoms with Crippen LogP contribution >= 0.6 is 0 Å². The molecule has 148 valence electrons. The molecular weight excluding hydrogens is 356 g/mol. The van der Waals surface area contributed by atoms with Crippen LogP contribution in [0.5, 0.6) is 11.5 Å². The molecule has 6 nitrogen and oxygen atoms in total. The summed E-state index contributed by atoms with van der Waals surface area (Å²) in [5.41, 5.74) is 3.43. The van der Waals surface area contributed by atoms with Crippen LogP contribution in [-0.2, 0) is 22.5 Å². The molecule has 2 heterocycles. The summed E-state index contributed by atoms with van der Waals surface area (Å²) in [6.07, 6.45) is 1.16. The fourth-order valence-electron chi connectivity index (χ4n) is 3.53. The van der Waals surface area contributed by atoms with Crippen LogP contribution in [0.4, 0.5) is 5.69 Å². The van der Waals surface area contributed by atoms with E-state index >= 15 is 0 Å². The lowest BCUT2D eigenvalue weighted by Gasteiger charge is -2.29. The van der Waals surface area contributed by atoms with Crippen molar-refractivity contribution in [2.24, 2.45) is 0 Å². The van der Waals surface area contributed by atoms with Crippen LogP contribution in [0.25, 0.3) is 0 Å². The number of benzene rings is 2. The molecule has 1 fully saturated rings. The van der Waals surface area contributed by atoms with E-state index in [0.29, 0.717) is 19.4 Å². The largest absolute Gasteiger partial charge is 0.454 e. The van der Waals surface area contributed by atoms with Crippen LogP contribution < -0.4 is 14.4 Å².